The number of nitrogens with one attached hydrogen (secondary N) is 1. The van der Waals surface area contributed by atoms with Crippen molar-refractivity contribution in [2.45, 2.75) is 37.5 Å². The third-order valence-corrected chi connectivity index (χ3v) is 4.62. The second kappa shape index (κ2) is 10.2. The number of aliphatic imine (C=N–C) groups is 1. The van der Waals surface area contributed by atoms with E-state index < -0.39 is 24.0 Å². The number of hydrogen-bond donors (Lipinski definition) is 2. The van der Waals surface area contributed by atoms with Crippen LogP contribution in [0.1, 0.15) is 18.4 Å². The average Bonchev–Trinajstić information content (AvgIpc) is 2.62. The highest BCUT2D eigenvalue weighted by Crippen LogP contribution is 2.28. The lowest BCUT2D eigenvalue weighted by Crippen LogP contribution is -2.62. The molecule has 6 nitrogen and oxygen atoms in total. The van der Waals surface area contributed by atoms with Crippen LogP contribution in [0.3, 0.4) is 0 Å². The number of alkyl halides is 3. The highest BCUT2D eigenvalue weighted by molar-refractivity contribution is 5.88. The first kappa shape index (κ1) is 22.8. The monoisotopic (exact) mass is 387 g/mol. The molecule has 0 amide bonds. The molecule has 2 atom stereocenters. The Labute approximate surface area is 156 Å². The standard InChI is InChI=1S/C18H26F3N4O2/c1-25(2,15(12-26)11-14-7-4-3-5-8-14)16(17(27)18(19,20)21)9-6-10-23-13-24-22/h3-5,7-8,12-13,15-16H,6,9-11,22H2,1-2H3,(H,23,24)/q+1/t15-,16?/m1/s1. The summed E-state index contributed by atoms with van der Waals surface area (Å²) in [5.41, 5.74) is 3.02. The van der Waals surface area contributed by atoms with Crippen molar-refractivity contribution in [2.75, 3.05) is 20.6 Å². The fourth-order valence-electron chi connectivity index (χ4n) is 2.98. The first-order valence-electron chi connectivity index (χ1n) is 8.52. The van der Waals surface area contributed by atoms with Gasteiger partial charge in [0.2, 0.25) is 0 Å². The zero-order chi connectivity index (χ0) is 20.5. The fraction of sp³-hybridized carbons (Fsp3) is 0.500. The summed E-state index contributed by atoms with van der Waals surface area (Å²) >= 11 is 0. The number of aldehydes is 1. The van der Waals surface area contributed by atoms with E-state index in [4.69, 9.17) is 5.84 Å². The maximum absolute atomic E-state index is 13.1. The zero-order valence-electron chi connectivity index (χ0n) is 15.4. The second-order valence-corrected chi connectivity index (χ2v) is 6.74. The van der Waals surface area contributed by atoms with Crippen molar-refractivity contribution in [2.24, 2.45) is 10.8 Å². The van der Waals surface area contributed by atoms with Gasteiger partial charge in [0.15, 0.2) is 12.3 Å². The van der Waals surface area contributed by atoms with E-state index in [1.54, 1.807) is 24.3 Å². The SMILES string of the molecule is C[N+](C)(C(CCCN=CNN)C(=O)C(F)(F)F)[C@@H](C=O)Cc1ccccc1. The number of quaternary nitrogens is 1. The van der Waals surface area contributed by atoms with Gasteiger partial charge in [-0.2, -0.15) is 13.2 Å². The minimum atomic E-state index is -4.97. The molecular weight excluding hydrogens is 361 g/mol. The van der Waals surface area contributed by atoms with E-state index in [9.17, 15) is 22.8 Å². The van der Waals surface area contributed by atoms with E-state index in [-0.39, 0.29) is 30.3 Å². The molecule has 1 rings (SSSR count). The molecule has 150 valence electrons. The lowest BCUT2D eigenvalue weighted by Gasteiger charge is -2.41. The van der Waals surface area contributed by atoms with Crippen LogP contribution in [0.5, 0.6) is 0 Å². The number of rotatable bonds is 11. The number of nitrogens with two attached hydrogens (primary N) is 1. The predicted molar refractivity (Wildman–Crippen MR) is 96.9 cm³/mol. The zero-order valence-corrected chi connectivity index (χ0v) is 15.4. The molecule has 3 N–H and O–H groups in total. The largest absolute Gasteiger partial charge is 0.456 e. The summed E-state index contributed by atoms with van der Waals surface area (Å²) in [6.07, 6.45) is -2.67. The number of carbonyl (C=O) groups is 2. The molecular formula is C18H26F3N4O2+. The van der Waals surface area contributed by atoms with Crippen LogP contribution in [-0.2, 0) is 16.0 Å². The summed E-state index contributed by atoms with van der Waals surface area (Å²) in [6.45, 7) is 0.219. The molecule has 0 aromatic heterocycles. The lowest BCUT2D eigenvalue weighted by molar-refractivity contribution is -0.920. The van der Waals surface area contributed by atoms with Crippen LogP contribution in [-0.4, -0.2) is 61.8 Å². The predicted octanol–water partition coefficient (Wildman–Crippen LogP) is 1.64. The number of halogens is 3. The molecule has 1 aromatic rings. The van der Waals surface area contributed by atoms with Gasteiger partial charge in [-0.05, 0) is 12.0 Å². The Morgan fingerprint density at radius 1 is 1.30 bits per heavy atom. The second-order valence-electron chi connectivity index (χ2n) is 6.74. The molecule has 0 heterocycles. The maximum Gasteiger partial charge on any atom is 0.456 e. The van der Waals surface area contributed by atoms with Crippen LogP contribution < -0.4 is 11.3 Å². The van der Waals surface area contributed by atoms with Gasteiger partial charge in [0.05, 0.1) is 20.4 Å². The van der Waals surface area contributed by atoms with Crippen molar-refractivity contribution in [1.29, 1.82) is 0 Å². The van der Waals surface area contributed by atoms with Crippen LogP contribution in [0, 0.1) is 0 Å². The minimum Gasteiger partial charge on any atom is -0.315 e. The van der Waals surface area contributed by atoms with Crippen molar-refractivity contribution in [3.63, 3.8) is 0 Å². The molecule has 0 aliphatic carbocycles. The number of nitrogens with zero attached hydrogens (tertiary/aromatic N) is 2. The number of hydrogen-bond acceptors (Lipinski definition) is 4. The summed E-state index contributed by atoms with van der Waals surface area (Å²) in [5, 5.41) is 0. The number of hydrazine groups is 1. The van der Waals surface area contributed by atoms with Gasteiger partial charge in [-0.25, -0.2) is 5.84 Å². The van der Waals surface area contributed by atoms with Crippen LogP contribution in [0.2, 0.25) is 0 Å². The molecule has 0 aliphatic rings. The van der Waals surface area contributed by atoms with Gasteiger partial charge < -0.3 is 9.91 Å². The minimum absolute atomic E-state index is 0.0492. The Morgan fingerprint density at radius 3 is 2.44 bits per heavy atom. The topological polar surface area (TPSA) is 84.5 Å². The van der Waals surface area contributed by atoms with Gasteiger partial charge >= 0.3 is 6.18 Å². The summed E-state index contributed by atoms with van der Waals surface area (Å²) in [6, 6.07) is 6.80. The first-order valence-corrected chi connectivity index (χ1v) is 8.52. The third-order valence-electron chi connectivity index (χ3n) is 4.62. The fourth-order valence-corrected chi connectivity index (χ4v) is 2.98. The Morgan fingerprint density at radius 2 is 1.93 bits per heavy atom. The van der Waals surface area contributed by atoms with E-state index in [1.165, 1.54) is 20.4 Å². The average molecular weight is 387 g/mol. The number of likely N-dealkylation sites (N-methyl/N-ethyl adjacent to an activating group) is 1. The maximum atomic E-state index is 13.1. The van der Waals surface area contributed by atoms with Crippen molar-refractivity contribution in [1.82, 2.24) is 5.43 Å². The van der Waals surface area contributed by atoms with E-state index in [0.717, 1.165) is 5.56 Å². The van der Waals surface area contributed by atoms with Gasteiger partial charge in [-0.3, -0.25) is 14.6 Å². The smallest absolute Gasteiger partial charge is 0.315 e. The summed E-state index contributed by atoms with van der Waals surface area (Å²) in [5.74, 6) is 3.21. The van der Waals surface area contributed by atoms with Crippen molar-refractivity contribution in [3.05, 3.63) is 35.9 Å². The molecule has 0 saturated carbocycles. The highest BCUT2D eigenvalue weighted by Gasteiger charge is 2.51. The molecule has 0 fully saturated rings. The Hall–Kier alpha value is -2.26. The molecule has 9 heteroatoms. The molecule has 0 spiro atoms. The van der Waals surface area contributed by atoms with Crippen LogP contribution in [0.4, 0.5) is 13.2 Å². The summed E-state index contributed by atoms with van der Waals surface area (Å²) in [7, 11) is 2.97. The Balaban J connectivity index is 3.04. The summed E-state index contributed by atoms with van der Waals surface area (Å²) < 4.78 is 39.1. The van der Waals surface area contributed by atoms with Gasteiger partial charge in [0, 0.05) is 19.4 Å². The first-order chi connectivity index (χ1) is 12.6. The summed E-state index contributed by atoms with van der Waals surface area (Å²) in [4.78, 5) is 27.6. The molecule has 0 bridgehead atoms. The molecule has 0 saturated heterocycles. The van der Waals surface area contributed by atoms with Crippen molar-refractivity contribution >= 4 is 18.4 Å². The van der Waals surface area contributed by atoms with E-state index >= 15 is 0 Å². The number of ketones is 1. The molecule has 0 radical (unpaired) electrons. The molecule has 0 aliphatic heterocycles. The lowest BCUT2D eigenvalue weighted by atomic mass is 9.96. The van der Waals surface area contributed by atoms with Crippen molar-refractivity contribution in [3.8, 4) is 0 Å². The van der Waals surface area contributed by atoms with Gasteiger partial charge in [-0.1, -0.05) is 30.3 Å². The van der Waals surface area contributed by atoms with Crippen molar-refractivity contribution < 1.29 is 27.2 Å². The molecule has 27 heavy (non-hydrogen) atoms. The normalized spacial score (nSPS) is 14.7. The van der Waals surface area contributed by atoms with E-state index in [2.05, 4.69) is 10.4 Å². The number of benzene rings is 1. The van der Waals surface area contributed by atoms with Gasteiger partial charge in [0.25, 0.3) is 5.78 Å². The Kier molecular flexibility index (Phi) is 8.58. The van der Waals surface area contributed by atoms with Crippen LogP contribution in [0.25, 0.3) is 0 Å². The quantitative estimate of drug-likeness (QED) is 0.115. The van der Waals surface area contributed by atoms with Crippen LogP contribution in [0.15, 0.2) is 35.3 Å². The third kappa shape index (κ3) is 6.76. The Bertz CT molecular complexity index is 633. The van der Waals surface area contributed by atoms with Crippen LogP contribution >= 0.6 is 0 Å². The highest BCUT2D eigenvalue weighted by atomic mass is 19.4. The van der Waals surface area contributed by atoms with E-state index in [0.29, 0.717) is 6.29 Å². The number of Topliss-reactive ketones (excluding diaryl/α,β-unsaturated/α-hetero) is 1. The van der Waals surface area contributed by atoms with E-state index in [1.807, 2.05) is 6.07 Å². The van der Waals surface area contributed by atoms with Gasteiger partial charge in [-0.15, -0.1) is 0 Å². The van der Waals surface area contributed by atoms with Gasteiger partial charge in [0.1, 0.15) is 6.04 Å². The molecule has 1 unspecified atom stereocenters. The number of carbonyl (C=O) groups excluding carboxylic acids is 2. The molecule has 1 aromatic carbocycles.